The van der Waals surface area contributed by atoms with Crippen LogP contribution in [0.3, 0.4) is 0 Å². The molecule has 2 unspecified atom stereocenters. The average Bonchev–Trinajstić information content (AvgIpc) is 2.82. The molecule has 118 valence electrons. The van der Waals surface area contributed by atoms with Crippen LogP contribution < -0.4 is 0 Å². The second-order valence-corrected chi connectivity index (χ2v) is 7.20. The fourth-order valence-corrected chi connectivity index (χ4v) is 3.95. The van der Waals surface area contributed by atoms with Crippen molar-refractivity contribution in [1.29, 1.82) is 0 Å². The van der Waals surface area contributed by atoms with Gasteiger partial charge in [-0.25, -0.2) is 5.01 Å². The van der Waals surface area contributed by atoms with Crippen molar-refractivity contribution < 1.29 is 4.79 Å². The average molecular weight is 324 g/mol. The predicted molar refractivity (Wildman–Crippen MR) is 96.6 cm³/mol. The van der Waals surface area contributed by atoms with Crippen molar-refractivity contribution in [2.75, 3.05) is 0 Å². The molecule has 1 aliphatic rings. The smallest absolute Gasteiger partial charge is 0.256 e. The molecule has 0 bridgehead atoms. The van der Waals surface area contributed by atoms with E-state index in [1.165, 1.54) is 5.56 Å². The lowest BCUT2D eigenvalue weighted by Gasteiger charge is -2.20. The van der Waals surface area contributed by atoms with E-state index in [2.05, 4.69) is 24.2 Å². The summed E-state index contributed by atoms with van der Waals surface area (Å²) in [5.41, 5.74) is 4.52. The highest BCUT2D eigenvalue weighted by Crippen LogP contribution is 2.44. The minimum absolute atomic E-state index is 0.0565. The first-order valence-corrected chi connectivity index (χ1v) is 8.66. The van der Waals surface area contributed by atoms with Gasteiger partial charge in [-0.2, -0.15) is 5.10 Å². The highest BCUT2D eigenvalue weighted by Gasteiger charge is 2.39. The molecule has 3 nitrogen and oxygen atoms in total. The van der Waals surface area contributed by atoms with Gasteiger partial charge in [0.05, 0.1) is 11.5 Å². The summed E-state index contributed by atoms with van der Waals surface area (Å²) in [4.78, 5) is 12.5. The van der Waals surface area contributed by atoms with Gasteiger partial charge in [0.1, 0.15) is 5.37 Å². The first-order chi connectivity index (χ1) is 11.1. The SMILES string of the molecule is Cc1ccccc1/C=N/N1C(=O)C(C)SC1c1ccccc1C. The van der Waals surface area contributed by atoms with Crippen LogP contribution in [0.1, 0.15) is 34.6 Å². The Kier molecular flexibility index (Phi) is 4.53. The van der Waals surface area contributed by atoms with E-state index in [0.29, 0.717) is 0 Å². The topological polar surface area (TPSA) is 32.7 Å². The van der Waals surface area contributed by atoms with Crippen molar-refractivity contribution in [1.82, 2.24) is 5.01 Å². The molecule has 0 spiro atoms. The van der Waals surface area contributed by atoms with Crippen LogP contribution in [0.2, 0.25) is 0 Å². The molecular formula is C19H20N2OS. The largest absolute Gasteiger partial charge is 0.272 e. The Balaban J connectivity index is 1.93. The number of rotatable bonds is 3. The first kappa shape index (κ1) is 15.8. The van der Waals surface area contributed by atoms with Crippen molar-refractivity contribution in [3.63, 3.8) is 0 Å². The predicted octanol–water partition coefficient (Wildman–Crippen LogP) is 4.30. The Hall–Kier alpha value is -2.07. The Morgan fingerprint density at radius 3 is 2.39 bits per heavy atom. The minimum Gasteiger partial charge on any atom is -0.272 e. The lowest BCUT2D eigenvalue weighted by Crippen LogP contribution is -2.25. The normalized spacial score (nSPS) is 21.3. The third kappa shape index (κ3) is 3.17. The van der Waals surface area contributed by atoms with Gasteiger partial charge >= 0.3 is 0 Å². The number of carbonyl (C=O) groups excluding carboxylic acids is 1. The van der Waals surface area contributed by atoms with E-state index >= 15 is 0 Å². The van der Waals surface area contributed by atoms with Crippen LogP contribution >= 0.6 is 11.8 Å². The fourth-order valence-electron chi connectivity index (χ4n) is 2.65. The fraction of sp³-hybridized carbons (Fsp3) is 0.263. The van der Waals surface area contributed by atoms with Gasteiger partial charge in [0.15, 0.2) is 0 Å². The number of benzene rings is 2. The molecule has 2 atom stereocenters. The number of carbonyl (C=O) groups is 1. The van der Waals surface area contributed by atoms with Crippen LogP contribution in [0.5, 0.6) is 0 Å². The van der Waals surface area contributed by atoms with Crippen molar-refractivity contribution in [2.45, 2.75) is 31.4 Å². The molecule has 0 N–H and O–H groups in total. The zero-order valence-corrected chi connectivity index (χ0v) is 14.4. The molecule has 2 aromatic carbocycles. The molecule has 0 radical (unpaired) electrons. The standard InChI is InChI=1S/C19H20N2OS/c1-13-8-4-6-10-16(13)12-20-21-18(22)15(3)23-19(21)17-11-7-5-9-14(17)2/h4-12,15,19H,1-3H3/b20-12+. The molecule has 1 aliphatic heterocycles. The second kappa shape index (κ2) is 6.59. The van der Waals surface area contributed by atoms with Gasteiger partial charge in [-0.1, -0.05) is 48.5 Å². The molecule has 0 saturated carbocycles. The van der Waals surface area contributed by atoms with Gasteiger partial charge in [-0.05, 0) is 43.0 Å². The summed E-state index contributed by atoms with van der Waals surface area (Å²) in [6, 6.07) is 16.2. The highest BCUT2D eigenvalue weighted by atomic mass is 32.2. The van der Waals surface area contributed by atoms with Gasteiger partial charge < -0.3 is 0 Å². The number of hydrogen-bond acceptors (Lipinski definition) is 3. The zero-order chi connectivity index (χ0) is 16.4. The van der Waals surface area contributed by atoms with E-state index in [-0.39, 0.29) is 16.5 Å². The summed E-state index contributed by atoms with van der Waals surface area (Å²) >= 11 is 1.65. The van der Waals surface area contributed by atoms with Gasteiger partial charge in [0.25, 0.3) is 5.91 Å². The van der Waals surface area contributed by atoms with Crippen LogP contribution in [0, 0.1) is 13.8 Å². The Labute approximate surface area is 141 Å². The van der Waals surface area contributed by atoms with Gasteiger partial charge in [0, 0.05) is 0 Å². The second-order valence-electron chi connectivity index (χ2n) is 5.77. The molecule has 0 aromatic heterocycles. The van der Waals surface area contributed by atoms with E-state index in [4.69, 9.17) is 0 Å². The summed E-state index contributed by atoms with van der Waals surface area (Å²) < 4.78 is 0. The molecule has 1 heterocycles. The molecule has 1 fully saturated rings. The van der Waals surface area contributed by atoms with Crippen LogP contribution in [0.25, 0.3) is 0 Å². The van der Waals surface area contributed by atoms with Crippen LogP contribution in [-0.2, 0) is 4.79 Å². The molecule has 1 saturated heterocycles. The van der Waals surface area contributed by atoms with E-state index in [1.807, 2.05) is 50.2 Å². The summed E-state index contributed by atoms with van der Waals surface area (Å²) in [5, 5.41) is 6.02. The van der Waals surface area contributed by atoms with Crippen molar-refractivity contribution in [3.8, 4) is 0 Å². The first-order valence-electron chi connectivity index (χ1n) is 7.71. The number of hydrazone groups is 1. The third-order valence-corrected chi connectivity index (χ3v) is 5.41. The maximum Gasteiger partial charge on any atom is 0.256 e. The molecule has 23 heavy (non-hydrogen) atoms. The number of hydrogen-bond donors (Lipinski definition) is 0. The lowest BCUT2D eigenvalue weighted by molar-refractivity contribution is -0.129. The Bertz CT molecular complexity index is 757. The van der Waals surface area contributed by atoms with Gasteiger partial charge in [0.2, 0.25) is 0 Å². The van der Waals surface area contributed by atoms with Crippen molar-refractivity contribution >= 4 is 23.9 Å². The highest BCUT2D eigenvalue weighted by molar-refractivity contribution is 8.01. The van der Waals surface area contributed by atoms with Gasteiger partial charge in [-0.15, -0.1) is 11.8 Å². The molecule has 3 rings (SSSR count). The van der Waals surface area contributed by atoms with E-state index in [0.717, 1.165) is 16.7 Å². The minimum atomic E-state index is -0.0753. The Morgan fingerprint density at radius 1 is 1.04 bits per heavy atom. The zero-order valence-electron chi connectivity index (χ0n) is 13.6. The summed E-state index contributed by atoms with van der Waals surface area (Å²) in [7, 11) is 0. The molecule has 4 heteroatoms. The monoisotopic (exact) mass is 324 g/mol. The quantitative estimate of drug-likeness (QED) is 0.789. The maximum atomic E-state index is 12.5. The lowest BCUT2D eigenvalue weighted by atomic mass is 10.1. The molecule has 1 amide bonds. The van der Waals surface area contributed by atoms with Crippen LogP contribution in [0.4, 0.5) is 0 Å². The van der Waals surface area contributed by atoms with E-state index < -0.39 is 0 Å². The number of aryl methyl sites for hydroxylation is 2. The summed E-state index contributed by atoms with van der Waals surface area (Å²) in [6.45, 7) is 6.07. The Morgan fingerprint density at radius 2 is 1.70 bits per heavy atom. The molecule has 2 aromatic rings. The van der Waals surface area contributed by atoms with Gasteiger partial charge in [-0.3, -0.25) is 4.79 Å². The van der Waals surface area contributed by atoms with Crippen molar-refractivity contribution in [2.24, 2.45) is 5.10 Å². The van der Waals surface area contributed by atoms with Crippen LogP contribution in [0.15, 0.2) is 53.6 Å². The van der Waals surface area contributed by atoms with Crippen molar-refractivity contribution in [3.05, 3.63) is 70.8 Å². The third-order valence-electron chi connectivity index (χ3n) is 4.09. The summed E-state index contributed by atoms with van der Waals surface area (Å²) in [5.74, 6) is 0.0630. The number of thioether (sulfide) groups is 1. The number of nitrogens with zero attached hydrogens (tertiary/aromatic N) is 2. The van der Waals surface area contributed by atoms with E-state index in [1.54, 1.807) is 23.0 Å². The summed E-state index contributed by atoms with van der Waals surface area (Å²) in [6.07, 6.45) is 1.79. The van der Waals surface area contributed by atoms with Crippen LogP contribution in [-0.4, -0.2) is 22.4 Å². The van der Waals surface area contributed by atoms with E-state index in [9.17, 15) is 4.79 Å². The maximum absolute atomic E-state index is 12.5. The molecular weight excluding hydrogens is 304 g/mol. The number of amides is 1. The molecule has 0 aliphatic carbocycles.